The van der Waals surface area contributed by atoms with Crippen molar-refractivity contribution in [2.45, 2.75) is 34.1 Å². The minimum atomic E-state index is -0.804. The van der Waals surface area contributed by atoms with Crippen LogP contribution in [0.1, 0.15) is 34.1 Å². The monoisotopic (exact) mass is 199 g/mol. The van der Waals surface area contributed by atoms with Crippen molar-refractivity contribution in [1.29, 1.82) is 0 Å². The van der Waals surface area contributed by atoms with Gasteiger partial charge in [-0.15, -0.1) is 0 Å². The van der Waals surface area contributed by atoms with Crippen LogP contribution in [0.15, 0.2) is 11.1 Å². The van der Waals surface area contributed by atoms with Gasteiger partial charge in [-0.05, 0) is 33.4 Å². The van der Waals surface area contributed by atoms with Crippen molar-refractivity contribution in [2.75, 3.05) is 19.6 Å². The van der Waals surface area contributed by atoms with E-state index in [1.807, 2.05) is 6.92 Å². The Kier molecular flexibility index (Phi) is 6.21. The van der Waals surface area contributed by atoms with Gasteiger partial charge in [0.2, 0.25) is 0 Å². The van der Waals surface area contributed by atoms with E-state index in [0.717, 1.165) is 31.6 Å². The maximum atomic E-state index is 10.7. The highest BCUT2D eigenvalue weighted by atomic mass is 16.4. The molecule has 3 nitrogen and oxygen atoms in total. The molecule has 0 aromatic rings. The minimum absolute atomic E-state index is 0.483. The summed E-state index contributed by atoms with van der Waals surface area (Å²) in [6, 6.07) is 0. The van der Waals surface area contributed by atoms with Gasteiger partial charge in [-0.3, -0.25) is 0 Å². The lowest BCUT2D eigenvalue weighted by atomic mass is 10.1. The maximum Gasteiger partial charge on any atom is 0.331 e. The number of aliphatic carboxylic acids is 1. The summed E-state index contributed by atoms with van der Waals surface area (Å²) in [6.45, 7) is 10.8. The molecule has 0 radical (unpaired) electrons. The van der Waals surface area contributed by atoms with Gasteiger partial charge in [0.15, 0.2) is 0 Å². The predicted octanol–water partition coefficient (Wildman–Crippen LogP) is 2.14. The normalized spacial score (nSPS) is 12.9. The zero-order valence-corrected chi connectivity index (χ0v) is 9.63. The molecule has 0 saturated carbocycles. The van der Waals surface area contributed by atoms with E-state index in [2.05, 4.69) is 18.7 Å². The molecule has 0 amide bonds. The third-order valence-electron chi connectivity index (χ3n) is 2.66. The Balaban J connectivity index is 4.12. The van der Waals surface area contributed by atoms with Crippen molar-refractivity contribution in [1.82, 2.24) is 4.90 Å². The van der Waals surface area contributed by atoms with Crippen LogP contribution in [0.4, 0.5) is 0 Å². The molecule has 0 unspecified atom stereocenters. The second-order valence-corrected chi connectivity index (χ2v) is 3.49. The van der Waals surface area contributed by atoms with E-state index in [4.69, 9.17) is 5.11 Å². The number of nitrogens with zero attached hydrogens (tertiary/aromatic N) is 1. The molecule has 0 heterocycles. The number of carboxylic acids is 1. The van der Waals surface area contributed by atoms with E-state index in [1.165, 1.54) is 0 Å². The van der Waals surface area contributed by atoms with Crippen LogP contribution in [0.3, 0.4) is 0 Å². The molecule has 0 rings (SSSR count). The quantitative estimate of drug-likeness (QED) is 0.666. The van der Waals surface area contributed by atoms with Gasteiger partial charge in [0.1, 0.15) is 0 Å². The fraction of sp³-hybridized carbons (Fsp3) is 0.727. The number of rotatable bonds is 6. The SMILES string of the molecule is CCN(CC)CCC(C)=C(C)C(=O)O. The minimum Gasteiger partial charge on any atom is -0.478 e. The molecular formula is C11H21NO2. The topological polar surface area (TPSA) is 40.5 Å². The molecular weight excluding hydrogens is 178 g/mol. The predicted molar refractivity (Wildman–Crippen MR) is 58.4 cm³/mol. The lowest BCUT2D eigenvalue weighted by molar-refractivity contribution is -0.132. The second kappa shape index (κ2) is 6.60. The highest BCUT2D eigenvalue weighted by molar-refractivity contribution is 5.86. The van der Waals surface area contributed by atoms with Crippen LogP contribution < -0.4 is 0 Å². The summed E-state index contributed by atoms with van der Waals surface area (Å²) in [7, 11) is 0. The van der Waals surface area contributed by atoms with Crippen molar-refractivity contribution in [3.63, 3.8) is 0 Å². The Morgan fingerprint density at radius 3 is 2.07 bits per heavy atom. The summed E-state index contributed by atoms with van der Waals surface area (Å²) in [5, 5.41) is 8.76. The fourth-order valence-electron chi connectivity index (χ4n) is 1.24. The third kappa shape index (κ3) is 4.42. The molecule has 0 aliphatic rings. The molecule has 0 bridgehead atoms. The van der Waals surface area contributed by atoms with Crippen LogP contribution in [-0.4, -0.2) is 35.6 Å². The molecule has 0 aliphatic carbocycles. The largest absolute Gasteiger partial charge is 0.478 e. The van der Waals surface area contributed by atoms with Gasteiger partial charge in [-0.1, -0.05) is 19.4 Å². The molecule has 0 aromatic heterocycles. The van der Waals surface area contributed by atoms with Crippen molar-refractivity contribution in [3.8, 4) is 0 Å². The van der Waals surface area contributed by atoms with Crippen LogP contribution in [0.2, 0.25) is 0 Å². The molecule has 0 fully saturated rings. The molecule has 3 heteroatoms. The van der Waals surface area contributed by atoms with Crippen LogP contribution in [0.5, 0.6) is 0 Å². The van der Waals surface area contributed by atoms with E-state index >= 15 is 0 Å². The van der Waals surface area contributed by atoms with E-state index < -0.39 is 5.97 Å². The first-order valence-corrected chi connectivity index (χ1v) is 5.14. The third-order valence-corrected chi connectivity index (χ3v) is 2.66. The van der Waals surface area contributed by atoms with E-state index in [0.29, 0.717) is 5.57 Å². The first kappa shape index (κ1) is 13.2. The Bertz CT molecular complexity index is 217. The Morgan fingerprint density at radius 2 is 1.71 bits per heavy atom. The van der Waals surface area contributed by atoms with Gasteiger partial charge in [0.25, 0.3) is 0 Å². The van der Waals surface area contributed by atoms with Gasteiger partial charge in [-0.2, -0.15) is 0 Å². The summed E-state index contributed by atoms with van der Waals surface area (Å²) in [6.07, 6.45) is 0.847. The number of carboxylic acid groups (broad SMARTS) is 1. The number of hydrogen-bond acceptors (Lipinski definition) is 2. The highest BCUT2D eigenvalue weighted by Gasteiger charge is 2.06. The van der Waals surface area contributed by atoms with Crippen molar-refractivity contribution in [3.05, 3.63) is 11.1 Å². The van der Waals surface area contributed by atoms with Gasteiger partial charge < -0.3 is 10.0 Å². The molecule has 1 N–H and O–H groups in total. The van der Waals surface area contributed by atoms with E-state index in [-0.39, 0.29) is 0 Å². The first-order valence-electron chi connectivity index (χ1n) is 5.14. The highest BCUT2D eigenvalue weighted by Crippen LogP contribution is 2.08. The van der Waals surface area contributed by atoms with Crippen LogP contribution >= 0.6 is 0 Å². The van der Waals surface area contributed by atoms with Gasteiger partial charge >= 0.3 is 5.97 Å². The Morgan fingerprint density at radius 1 is 1.21 bits per heavy atom. The lowest BCUT2D eigenvalue weighted by Crippen LogP contribution is -2.24. The lowest BCUT2D eigenvalue weighted by Gasteiger charge is -2.18. The summed E-state index contributed by atoms with van der Waals surface area (Å²) >= 11 is 0. The average molecular weight is 199 g/mol. The average Bonchev–Trinajstić information content (AvgIpc) is 2.17. The number of hydrogen-bond donors (Lipinski definition) is 1. The maximum absolute atomic E-state index is 10.7. The van der Waals surface area contributed by atoms with Crippen molar-refractivity contribution >= 4 is 5.97 Å². The fourth-order valence-corrected chi connectivity index (χ4v) is 1.24. The second-order valence-electron chi connectivity index (χ2n) is 3.49. The van der Waals surface area contributed by atoms with E-state index in [9.17, 15) is 4.79 Å². The molecule has 82 valence electrons. The molecule has 0 aromatic carbocycles. The molecule has 0 spiro atoms. The van der Waals surface area contributed by atoms with Crippen molar-refractivity contribution in [2.24, 2.45) is 0 Å². The summed E-state index contributed by atoms with van der Waals surface area (Å²) in [5.74, 6) is -0.804. The summed E-state index contributed by atoms with van der Waals surface area (Å²) in [4.78, 5) is 12.9. The van der Waals surface area contributed by atoms with E-state index in [1.54, 1.807) is 6.92 Å². The smallest absolute Gasteiger partial charge is 0.331 e. The zero-order chi connectivity index (χ0) is 11.1. The van der Waals surface area contributed by atoms with Crippen LogP contribution in [0, 0.1) is 0 Å². The number of carbonyl (C=O) groups is 1. The first-order chi connectivity index (χ1) is 6.52. The molecule has 0 atom stereocenters. The summed E-state index contributed by atoms with van der Waals surface area (Å²) in [5.41, 5.74) is 1.46. The summed E-state index contributed by atoms with van der Waals surface area (Å²) < 4.78 is 0. The standard InChI is InChI=1S/C11H21NO2/c1-5-12(6-2)8-7-9(3)10(4)11(13)14/h5-8H2,1-4H3,(H,13,14). The molecule has 0 saturated heterocycles. The van der Waals surface area contributed by atoms with Gasteiger partial charge in [0, 0.05) is 12.1 Å². The van der Waals surface area contributed by atoms with Gasteiger partial charge in [-0.25, -0.2) is 4.79 Å². The van der Waals surface area contributed by atoms with Crippen LogP contribution in [0.25, 0.3) is 0 Å². The molecule has 0 aliphatic heterocycles. The zero-order valence-electron chi connectivity index (χ0n) is 9.63. The molecule has 14 heavy (non-hydrogen) atoms. The van der Waals surface area contributed by atoms with Gasteiger partial charge in [0.05, 0.1) is 0 Å². The van der Waals surface area contributed by atoms with Crippen molar-refractivity contribution < 1.29 is 9.90 Å². The Hall–Kier alpha value is -0.830. The Labute approximate surface area is 86.4 Å². The van der Waals surface area contributed by atoms with Crippen LogP contribution in [-0.2, 0) is 4.79 Å².